The average Bonchev–Trinajstić information content (AvgIpc) is 3.04. The van der Waals surface area contributed by atoms with E-state index in [1.54, 1.807) is 0 Å². The number of likely N-dealkylation sites (tertiary alicyclic amines) is 1. The molecule has 3 nitrogen and oxygen atoms in total. The van der Waals surface area contributed by atoms with Crippen LogP contribution >= 0.6 is 0 Å². The zero-order valence-corrected chi connectivity index (χ0v) is 17.9. The fraction of sp³-hybridized carbons (Fsp3) is 0.286. The molecule has 1 heterocycles. The van der Waals surface area contributed by atoms with Crippen LogP contribution in [0.25, 0.3) is 0 Å². The highest BCUT2D eigenvalue weighted by atomic mass is 16.2. The lowest BCUT2D eigenvalue weighted by atomic mass is 9.63. The maximum absolute atomic E-state index is 13.8. The summed E-state index contributed by atoms with van der Waals surface area (Å²) in [5, 5.41) is 0. The smallest absolute Gasteiger partial charge is 0.182 e. The van der Waals surface area contributed by atoms with Gasteiger partial charge in [-0.2, -0.15) is 0 Å². The number of benzene rings is 3. The van der Waals surface area contributed by atoms with Gasteiger partial charge >= 0.3 is 0 Å². The van der Waals surface area contributed by atoms with Crippen molar-refractivity contribution in [1.29, 1.82) is 0 Å². The Morgan fingerprint density at radius 2 is 1.32 bits per heavy atom. The van der Waals surface area contributed by atoms with Gasteiger partial charge < -0.3 is 0 Å². The van der Waals surface area contributed by atoms with Crippen LogP contribution in [0.3, 0.4) is 0 Å². The number of hydrogen-bond acceptors (Lipinski definition) is 3. The molecule has 0 amide bonds. The Kier molecular flexibility index (Phi) is 5.07. The molecule has 3 heteroatoms. The number of carbonyl (C=O) groups is 2. The summed E-state index contributed by atoms with van der Waals surface area (Å²) in [5.74, 6) is -0.0243. The minimum Gasteiger partial charge on any atom is -0.299 e. The Bertz CT molecular complexity index is 1090. The zero-order valence-electron chi connectivity index (χ0n) is 17.9. The molecule has 0 N–H and O–H groups in total. The quantitative estimate of drug-likeness (QED) is 0.554. The Morgan fingerprint density at radius 3 is 1.94 bits per heavy atom. The van der Waals surface area contributed by atoms with Gasteiger partial charge in [0.15, 0.2) is 11.6 Å². The van der Waals surface area contributed by atoms with E-state index in [4.69, 9.17) is 0 Å². The van der Waals surface area contributed by atoms with E-state index in [0.717, 1.165) is 38.0 Å². The summed E-state index contributed by atoms with van der Waals surface area (Å²) in [4.78, 5) is 30.1. The minimum absolute atomic E-state index is 0.00965. The Hall–Kier alpha value is -3.04. The fourth-order valence-corrected chi connectivity index (χ4v) is 5.53. The zero-order chi connectivity index (χ0) is 21.4. The van der Waals surface area contributed by atoms with Gasteiger partial charge in [0.2, 0.25) is 0 Å². The summed E-state index contributed by atoms with van der Waals surface area (Å²) < 4.78 is 0. The first-order valence-electron chi connectivity index (χ1n) is 11.1. The number of nitrogens with zero attached hydrogens (tertiary/aromatic N) is 1. The van der Waals surface area contributed by atoms with Gasteiger partial charge in [0, 0.05) is 17.7 Å². The van der Waals surface area contributed by atoms with Gasteiger partial charge in [-0.3, -0.25) is 14.5 Å². The van der Waals surface area contributed by atoms with Crippen LogP contribution in [0.15, 0.2) is 78.9 Å². The molecule has 1 saturated heterocycles. The van der Waals surface area contributed by atoms with Crippen molar-refractivity contribution in [2.45, 2.75) is 31.7 Å². The second-order valence-corrected chi connectivity index (χ2v) is 8.85. The lowest BCUT2D eigenvalue weighted by Crippen LogP contribution is -2.50. The van der Waals surface area contributed by atoms with Gasteiger partial charge in [-0.05, 0) is 55.5 Å². The highest BCUT2D eigenvalue weighted by molar-refractivity contribution is 6.33. The van der Waals surface area contributed by atoms with E-state index < -0.39 is 5.41 Å². The highest BCUT2D eigenvalue weighted by Gasteiger charge is 2.58. The molecule has 0 unspecified atom stereocenters. The van der Waals surface area contributed by atoms with Gasteiger partial charge in [0.05, 0.1) is 0 Å². The van der Waals surface area contributed by atoms with Crippen molar-refractivity contribution in [1.82, 2.24) is 4.90 Å². The largest absolute Gasteiger partial charge is 0.299 e. The van der Waals surface area contributed by atoms with E-state index >= 15 is 0 Å². The van der Waals surface area contributed by atoms with Crippen LogP contribution in [0.1, 0.15) is 50.2 Å². The molecule has 0 spiro atoms. The van der Waals surface area contributed by atoms with Crippen molar-refractivity contribution in [3.8, 4) is 0 Å². The van der Waals surface area contributed by atoms with Crippen LogP contribution in [0.5, 0.6) is 0 Å². The van der Waals surface area contributed by atoms with Gasteiger partial charge in [-0.1, -0.05) is 78.9 Å². The lowest BCUT2D eigenvalue weighted by Gasteiger charge is -2.41. The Morgan fingerprint density at radius 1 is 0.774 bits per heavy atom. The molecule has 0 saturated carbocycles. The number of piperidine rings is 1. The first-order valence-corrected chi connectivity index (χ1v) is 11.1. The van der Waals surface area contributed by atoms with E-state index in [1.165, 1.54) is 11.1 Å². The predicted octanol–water partition coefficient (Wildman–Crippen LogP) is 5.22. The average molecular weight is 410 g/mol. The number of aryl methyl sites for hydroxylation is 1. The molecular weight excluding hydrogens is 382 g/mol. The molecule has 5 rings (SSSR count). The van der Waals surface area contributed by atoms with Crippen molar-refractivity contribution in [3.63, 3.8) is 0 Å². The fourth-order valence-electron chi connectivity index (χ4n) is 5.53. The first-order chi connectivity index (χ1) is 15.1. The number of rotatable bonds is 4. The third kappa shape index (κ3) is 3.16. The summed E-state index contributed by atoms with van der Waals surface area (Å²) in [6.07, 6.45) is 1.68. The molecule has 0 atom stereocenters. The number of fused-ring (bicyclic) bond motifs is 1. The van der Waals surface area contributed by atoms with E-state index in [9.17, 15) is 9.59 Å². The number of carbonyl (C=O) groups excluding carboxylic acids is 2. The molecule has 1 aliphatic carbocycles. The van der Waals surface area contributed by atoms with Crippen molar-refractivity contribution in [2.24, 2.45) is 5.92 Å². The minimum atomic E-state index is -1.08. The monoisotopic (exact) mass is 409 g/mol. The van der Waals surface area contributed by atoms with E-state index in [-0.39, 0.29) is 17.5 Å². The topological polar surface area (TPSA) is 37.4 Å². The van der Waals surface area contributed by atoms with Gasteiger partial charge in [-0.25, -0.2) is 0 Å². The van der Waals surface area contributed by atoms with Crippen LogP contribution in [0.4, 0.5) is 0 Å². The molecule has 31 heavy (non-hydrogen) atoms. The SMILES string of the molecule is Cc1ccccc1CN1CCC(C2(c3ccccc3)C(=O)c3ccccc3C2=O)CC1. The Labute approximate surface area is 183 Å². The third-order valence-electron chi connectivity index (χ3n) is 7.22. The maximum Gasteiger partial charge on any atom is 0.182 e. The van der Waals surface area contributed by atoms with E-state index in [0.29, 0.717) is 11.1 Å². The number of Topliss-reactive ketones (excluding diaryl/α,β-unsaturated/α-hetero) is 2. The van der Waals surface area contributed by atoms with Crippen molar-refractivity contribution in [2.75, 3.05) is 13.1 Å². The molecule has 0 aromatic heterocycles. The first kappa shape index (κ1) is 19.9. The van der Waals surface area contributed by atoms with Gasteiger partial charge in [0.25, 0.3) is 0 Å². The van der Waals surface area contributed by atoms with E-state index in [1.807, 2.05) is 54.6 Å². The standard InChI is InChI=1S/C28H27NO2/c1-20-9-5-6-10-21(20)19-29-17-15-23(16-18-29)28(22-11-3-2-4-12-22)26(30)24-13-7-8-14-25(24)27(28)31/h2-14,23H,15-19H2,1H3. The second-order valence-electron chi connectivity index (χ2n) is 8.85. The van der Waals surface area contributed by atoms with Crippen LogP contribution in [-0.4, -0.2) is 29.6 Å². The summed E-state index contributed by atoms with van der Waals surface area (Å²) in [6, 6.07) is 25.6. The molecule has 1 fully saturated rings. The molecule has 1 aliphatic heterocycles. The van der Waals surface area contributed by atoms with Crippen molar-refractivity contribution in [3.05, 3.63) is 107 Å². The molecule has 3 aromatic carbocycles. The molecule has 156 valence electrons. The van der Waals surface area contributed by atoms with Crippen molar-refractivity contribution >= 4 is 11.6 Å². The van der Waals surface area contributed by atoms with Crippen LogP contribution in [0, 0.1) is 12.8 Å². The van der Waals surface area contributed by atoms with Gasteiger partial charge in [0.1, 0.15) is 5.41 Å². The van der Waals surface area contributed by atoms with E-state index in [2.05, 4.69) is 36.1 Å². The molecule has 2 aliphatic rings. The summed E-state index contributed by atoms with van der Waals surface area (Å²) in [6.45, 7) is 4.86. The third-order valence-corrected chi connectivity index (χ3v) is 7.22. The second kappa shape index (κ2) is 7.90. The Balaban J connectivity index is 1.46. The van der Waals surface area contributed by atoms with Crippen molar-refractivity contribution < 1.29 is 9.59 Å². The van der Waals surface area contributed by atoms with Gasteiger partial charge in [-0.15, -0.1) is 0 Å². The summed E-state index contributed by atoms with van der Waals surface area (Å²) >= 11 is 0. The van der Waals surface area contributed by atoms with Crippen LogP contribution < -0.4 is 0 Å². The molecule has 0 bridgehead atoms. The van der Waals surface area contributed by atoms with Crippen LogP contribution in [0.2, 0.25) is 0 Å². The maximum atomic E-state index is 13.8. The highest BCUT2D eigenvalue weighted by Crippen LogP contribution is 2.48. The number of ketones is 2. The molecular formula is C28H27NO2. The normalized spacial score (nSPS) is 18.9. The molecule has 0 radical (unpaired) electrons. The molecule has 3 aromatic rings. The summed E-state index contributed by atoms with van der Waals surface area (Å²) in [5.41, 5.74) is 3.58. The number of hydrogen-bond donors (Lipinski definition) is 0. The lowest BCUT2D eigenvalue weighted by molar-refractivity contribution is 0.0628. The van der Waals surface area contributed by atoms with Crippen LogP contribution in [-0.2, 0) is 12.0 Å². The predicted molar refractivity (Wildman–Crippen MR) is 122 cm³/mol. The summed E-state index contributed by atoms with van der Waals surface area (Å²) in [7, 11) is 0.